The Balaban J connectivity index is 2.89. The summed E-state index contributed by atoms with van der Waals surface area (Å²) in [7, 11) is 0. The second kappa shape index (κ2) is 5.31. The molecule has 2 heteroatoms. The van der Waals surface area contributed by atoms with Crippen molar-refractivity contribution in [1.82, 2.24) is 5.01 Å². The zero-order valence-corrected chi connectivity index (χ0v) is 11.3. The lowest BCUT2D eigenvalue weighted by Gasteiger charge is -2.44. The summed E-state index contributed by atoms with van der Waals surface area (Å²) in [5, 5.41) is 2.72. The van der Waals surface area contributed by atoms with Gasteiger partial charge in [0.05, 0.1) is 19.1 Å². The Bertz CT molecular complexity index is 185. The Morgan fingerprint density at radius 2 is 1.60 bits per heavy atom. The molecule has 0 aromatic heterocycles. The molecule has 0 aliphatic carbocycles. The first kappa shape index (κ1) is 13.0. The number of rotatable bonds is 5. The Morgan fingerprint density at radius 3 is 2.00 bits per heavy atom. The van der Waals surface area contributed by atoms with Gasteiger partial charge in [-0.3, -0.25) is 0 Å². The molecular weight excluding hydrogens is 184 g/mol. The average molecular weight is 213 g/mol. The van der Waals surface area contributed by atoms with Crippen LogP contribution in [0.15, 0.2) is 0 Å². The molecule has 0 aromatic rings. The molecule has 1 rings (SSSR count). The van der Waals surface area contributed by atoms with Gasteiger partial charge in [-0.05, 0) is 33.6 Å². The van der Waals surface area contributed by atoms with Crippen LogP contribution >= 0.6 is 0 Å². The van der Waals surface area contributed by atoms with Gasteiger partial charge >= 0.3 is 0 Å². The van der Waals surface area contributed by atoms with Crippen molar-refractivity contribution in [2.75, 3.05) is 19.6 Å². The van der Waals surface area contributed by atoms with Gasteiger partial charge in [-0.15, -0.1) is 0 Å². The van der Waals surface area contributed by atoms with Crippen molar-refractivity contribution in [2.45, 2.75) is 66.0 Å². The topological polar surface area (TPSA) is 3.24 Å². The predicted octanol–water partition coefficient (Wildman–Crippen LogP) is 3.04. The van der Waals surface area contributed by atoms with Crippen LogP contribution in [-0.4, -0.2) is 41.3 Å². The van der Waals surface area contributed by atoms with Gasteiger partial charge in [0.1, 0.15) is 6.04 Å². The molecule has 2 atom stereocenters. The van der Waals surface area contributed by atoms with Gasteiger partial charge in [0, 0.05) is 13.0 Å². The summed E-state index contributed by atoms with van der Waals surface area (Å²) in [4.78, 5) is 0. The summed E-state index contributed by atoms with van der Waals surface area (Å²) in [6, 6.07) is 1.59. The maximum atomic E-state index is 2.72. The lowest BCUT2D eigenvalue weighted by molar-refractivity contribution is -1.04. The average Bonchev–Trinajstić information content (AvgIpc) is 2.40. The molecule has 0 N–H and O–H groups in total. The van der Waals surface area contributed by atoms with E-state index in [4.69, 9.17) is 0 Å². The minimum atomic E-state index is 0.767. The Morgan fingerprint density at radius 1 is 1.07 bits per heavy atom. The lowest BCUT2D eigenvalue weighted by Crippen LogP contribution is -2.61. The molecule has 90 valence electrons. The monoisotopic (exact) mass is 213 g/mol. The molecular formula is C13H29N2+. The van der Waals surface area contributed by atoms with Crippen LogP contribution in [0.5, 0.6) is 0 Å². The van der Waals surface area contributed by atoms with Crippen molar-refractivity contribution < 1.29 is 4.59 Å². The molecule has 1 saturated heterocycles. The first-order valence-electron chi connectivity index (χ1n) is 6.76. The van der Waals surface area contributed by atoms with Gasteiger partial charge in [-0.1, -0.05) is 13.8 Å². The number of quaternary nitrogens is 1. The Kier molecular flexibility index (Phi) is 4.60. The Hall–Kier alpha value is -0.0800. The molecule has 0 radical (unpaired) electrons. The summed E-state index contributed by atoms with van der Waals surface area (Å²) in [6.07, 6.45) is 3.97. The first-order chi connectivity index (χ1) is 7.12. The summed E-state index contributed by atoms with van der Waals surface area (Å²) in [5.41, 5.74) is 0. The standard InChI is InChI=1S/C13H29N2/c1-6-9-15(10-7-2)13(5)11-12(4)14(15)8-3/h12-13H,6-11H2,1-5H3/q+1. The number of hydrogen-bond acceptors (Lipinski definition) is 1. The van der Waals surface area contributed by atoms with Crippen molar-refractivity contribution in [3.05, 3.63) is 0 Å². The van der Waals surface area contributed by atoms with E-state index < -0.39 is 0 Å². The molecule has 1 fully saturated rings. The molecule has 0 saturated carbocycles. The SMILES string of the molecule is CCC[N+]1(CCC)C(C)CC(C)N1CC. The summed E-state index contributed by atoms with van der Waals surface area (Å²) >= 11 is 0. The molecule has 2 nitrogen and oxygen atoms in total. The zero-order valence-electron chi connectivity index (χ0n) is 11.3. The number of hydrogen-bond donors (Lipinski definition) is 0. The van der Waals surface area contributed by atoms with Gasteiger partial charge in [0.15, 0.2) is 0 Å². The van der Waals surface area contributed by atoms with Crippen molar-refractivity contribution in [1.29, 1.82) is 0 Å². The third kappa shape index (κ3) is 2.21. The molecule has 1 aliphatic heterocycles. The van der Waals surface area contributed by atoms with Crippen molar-refractivity contribution in [2.24, 2.45) is 0 Å². The highest BCUT2D eigenvalue weighted by molar-refractivity contribution is 4.73. The predicted molar refractivity (Wildman–Crippen MR) is 66.5 cm³/mol. The van der Waals surface area contributed by atoms with Crippen molar-refractivity contribution >= 4 is 0 Å². The lowest BCUT2D eigenvalue weighted by atomic mass is 10.1. The zero-order chi connectivity index (χ0) is 11.5. The molecule has 0 spiro atoms. The van der Waals surface area contributed by atoms with Crippen LogP contribution in [0.3, 0.4) is 0 Å². The third-order valence-corrected chi connectivity index (χ3v) is 4.07. The van der Waals surface area contributed by atoms with Crippen LogP contribution in [0.2, 0.25) is 0 Å². The third-order valence-electron chi connectivity index (χ3n) is 4.07. The fraction of sp³-hybridized carbons (Fsp3) is 1.00. The molecule has 15 heavy (non-hydrogen) atoms. The maximum absolute atomic E-state index is 2.72. The van der Waals surface area contributed by atoms with E-state index >= 15 is 0 Å². The van der Waals surface area contributed by atoms with E-state index in [1.165, 1.54) is 43.5 Å². The van der Waals surface area contributed by atoms with Gasteiger partial charge in [-0.25, -0.2) is 4.59 Å². The van der Waals surface area contributed by atoms with E-state index in [9.17, 15) is 0 Å². The molecule has 0 amide bonds. The van der Waals surface area contributed by atoms with Crippen molar-refractivity contribution in [3.8, 4) is 0 Å². The van der Waals surface area contributed by atoms with E-state index in [0.717, 1.165) is 12.1 Å². The highest BCUT2D eigenvalue weighted by Crippen LogP contribution is 2.33. The van der Waals surface area contributed by atoms with Crippen LogP contribution in [0, 0.1) is 0 Å². The van der Waals surface area contributed by atoms with Crippen LogP contribution in [0.4, 0.5) is 0 Å². The van der Waals surface area contributed by atoms with Crippen LogP contribution in [0.1, 0.15) is 53.9 Å². The van der Waals surface area contributed by atoms with Gasteiger partial charge < -0.3 is 0 Å². The molecule has 2 unspecified atom stereocenters. The van der Waals surface area contributed by atoms with E-state index in [-0.39, 0.29) is 0 Å². The highest BCUT2D eigenvalue weighted by atomic mass is 15.8. The minimum Gasteiger partial charge on any atom is -0.241 e. The fourth-order valence-electron chi connectivity index (χ4n) is 3.63. The van der Waals surface area contributed by atoms with Gasteiger partial charge in [0.2, 0.25) is 0 Å². The number of nitrogens with zero attached hydrogens (tertiary/aromatic N) is 2. The normalized spacial score (nSPS) is 31.0. The summed E-state index contributed by atoms with van der Waals surface area (Å²) < 4.78 is 1.25. The van der Waals surface area contributed by atoms with E-state index in [2.05, 4.69) is 39.6 Å². The summed E-state index contributed by atoms with van der Waals surface area (Å²) in [5.74, 6) is 0. The fourth-order valence-corrected chi connectivity index (χ4v) is 3.63. The molecule has 1 aliphatic rings. The van der Waals surface area contributed by atoms with Crippen LogP contribution in [-0.2, 0) is 0 Å². The van der Waals surface area contributed by atoms with Crippen molar-refractivity contribution in [3.63, 3.8) is 0 Å². The quantitative estimate of drug-likeness (QED) is 0.635. The Labute approximate surface area is 95.8 Å². The second-order valence-corrected chi connectivity index (χ2v) is 5.12. The van der Waals surface area contributed by atoms with Crippen LogP contribution in [0.25, 0.3) is 0 Å². The highest BCUT2D eigenvalue weighted by Gasteiger charge is 2.47. The smallest absolute Gasteiger partial charge is 0.106 e. The maximum Gasteiger partial charge on any atom is 0.106 e. The minimum absolute atomic E-state index is 0.767. The molecule has 0 bridgehead atoms. The van der Waals surface area contributed by atoms with E-state index in [0.29, 0.717) is 0 Å². The van der Waals surface area contributed by atoms with E-state index in [1.807, 2.05) is 0 Å². The summed E-state index contributed by atoms with van der Waals surface area (Å²) in [6.45, 7) is 15.6. The van der Waals surface area contributed by atoms with Gasteiger partial charge in [0.25, 0.3) is 0 Å². The van der Waals surface area contributed by atoms with Gasteiger partial charge in [-0.2, -0.15) is 5.01 Å². The first-order valence-corrected chi connectivity index (χ1v) is 6.76. The van der Waals surface area contributed by atoms with E-state index in [1.54, 1.807) is 0 Å². The second-order valence-electron chi connectivity index (χ2n) is 5.12. The largest absolute Gasteiger partial charge is 0.241 e. The van der Waals surface area contributed by atoms with Crippen LogP contribution < -0.4 is 0 Å². The molecule has 1 heterocycles. The molecule has 0 aromatic carbocycles.